The molecule has 1 saturated heterocycles. The van der Waals surface area contributed by atoms with Crippen molar-refractivity contribution in [2.75, 3.05) is 20.3 Å². The molecule has 18 heavy (non-hydrogen) atoms. The van der Waals surface area contributed by atoms with Gasteiger partial charge in [0.15, 0.2) is 0 Å². The van der Waals surface area contributed by atoms with Crippen molar-refractivity contribution < 1.29 is 19.1 Å². The van der Waals surface area contributed by atoms with Crippen LogP contribution in [0.2, 0.25) is 0 Å². The molecule has 0 spiro atoms. The van der Waals surface area contributed by atoms with Crippen LogP contribution < -0.4 is 10.6 Å². The van der Waals surface area contributed by atoms with Crippen LogP contribution in [0.3, 0.4) is 0 Å². The fourth-order valence-electron chi connectivity index (χ4n) is 2.06. The topological polar surface area (TPSA) is 76.7 Å². The lowest BCUT2D eigenvalue weighted by atomic mass is 9.96. The van der Waals surface area contributed by atoms with Crippen LogP contribution in [-0.4, -0.2) is 43.9 Å². The number of methoxy groups -OCH3 is 1. The lowest BCUT2D eigenvalue weighted by Gasteiger charge is -2.28. The highest BCUT2D eigenvalue weighted by Crippen LogP contribution is 2.14. The number of urea groups is 1. The monoisotopic (exact) mass is 258 g/mol. The predicted octanol–water partition coefficient (Wildman–Crippen LogP) is 0.806. The van der Waals surface area contributed by atoms with Gasteiger partial charge in [-0.05, 0) is 19.8 Å². The Kier molecular flexibility index (Phi) is 5.40. The first-order valence-electron chi connectivity index (χ1n) is 6.26. The van der Waals surface area contributed by atoms with Gasteiger partial charge < -0.3 is 20.1 Å². The molecule has 2 unspecified atom stereocenters. The van der Waals surface area contributed by atoms with Crippen molar-refractivity contribution >= 4 is 12.0 Å². The summed E-state index contributed by atoms with van der Waals surface area (Å²) in [6.07, 6.45) is 2.11. The van der Waals surface area contributed by atoms with E-state index in [1.807, 2.05) is 6.92 Å². The fraction of sp³-hybridized carbons (Fsp3) is 0.833. The molecule has 0 aromatic carbocycles. The summed E-state index contributed by atoms with van der Waals surface area (Å²) >= 11 is 0. The van der Waals surface area contributed by atoms with E-state index in [2.05, 4.69) is 10.6 Å². The summed E-state index contributed by atoms with van der Waals surface area (Å²) in [4.78, 5) is 23.5. The molecule has 1 heterocycles. The van der Waals surface area contributed by atoms with Gasteiger partial charge in [-0.15, -0.1) is 0 Å². The van der Waals surface area contributed by atoms with Crippen molar-refractivity contribution in [3.63, 3.8) is 0 Å². The number of rotatable bonds is 5. The first-order valence-corrected chi connectivity index (χ1v) is 6.26. The summed E-state index contributed by atoms with van der Waals surface area (Å²) in [6.45, 7) is 4.81. The van der Waals surface area contributed by atoms with Crippen LogP contribution in [0.4, 0.5) is 4.79 Å². The quantitative estimate of drug-likeness (QED) is 0.715. The number of ether oxygens (including phenoxy) is 2. The average Bonchev–Trinajstić information content (AvgIpc) is 2.80. The molecule has 1 aliphatic rings. The molecule has 0 radical (unpaired) electrons. The molecule has 1 fully saturated rings. The van der Waals surface area contributed by atoms with E-state index in [1.165, 1.54) is 7.11 Å². The minimum Gasteiger partial charge on any atom is -0.467 e. The lowest BCUT2D eigenvalue weighted by molar-refractivity contribution is -0.147. The van der Waals surface area contributed by atoms with Gasteiger partial charge in [0.1, 0.15) is 5.54 Å². The third kappa shape index (κ3) is 3.87. The number of esters is 1. The minimum absolute atomic E-state index is 0.0218. The molecule has 104 valence electrons. The Hall–Kier alpha value is -1.30. The summed E-state index contributed by atoms with van der Waals surface area (Å²) in [5.41, 5.74) is -0.979. The third-order valence-electron chi connectivity index (χ3n) is 3.04. The van der Waals surface area contributed by atoms with E-state index in [0.717, 1.165) is 12.8 Å². The number of hydrogen-bond acceptors (Lipinski definition) is 4. The summed E-state index contributed by atoms with van der Waals surface area (Å²) in [7, 11) is 1.32. The Bertz CT molecular complexity index is 302. The van der Waals surface area contributed by atoms with Crippen LogP contribution in [-0.2, 0) is 14.3 Å². The minimum atomic E-state index is -0.979. The molecule has 0 aromatic rings. The van der Waals surface area contributed by atoms with Crippen LogP contribution in [0.5, 0.6) is 0 Å². The van der Waals surface area contributed by atoms with E-state index in [-0.39, 0.29) is 12.1 Å². The van der Waals surface area contributed by atoms with Gasteiger partial charge in [-0.1, -0.05) is 13.3 Å². The highest BCUT2D eigenvalue weighted by molar-refractivity contribution is 5.87. The maximum Gasteiger partial charge on any atom is 0.331 e. The molecule has 6 heteroatoms. The van der Waals surface area contributed by atoms with Crippen LogP contribution in [0.15, 0.2) is 0 Å². The summed E-state index contributed by atoms with van der Waals surface area (Å²) < 4.78 is 9.90. The van der Waals surface area contributed by atoms with E-state index >= 15 is 0 Å². The maximum atomic E-state index is 11.8. The molecule has 6 nitrogen and oxygen atoms in total. The number of nitrogens with one attached hydrogen (secondary N) is 2. The molecule has 2 atom stereocenters. The second kappa shape index (κ2) is 6.58. The van der Waals surface area contributed by atoms with E-state index in [9.17, 15) is 9.59 Å². The summed E-state index contributed by atoms with van der Waals surface area (Å²) in [5, 5.41) is 5.48. The Labute approximate surface area is 107 Å². The van der Waals surface area contributed by atoms with E-state index in [4.69, 9.17) is 9.47 Å². The Balaban J connectivity index is 2.53. The number of carbonyl (C=O) groups excluding carboxylic acids is 2. The van der Waals surface area contributed by atoms with E-state index < -0.39 is 11.5 Å². The largest absolute Gasteiger partial charge is 0.467 e. The van der Waals surface area contributed by atoms with Crippen molar-refractivity contribution in [2.24, 2.45) is 0 Å². The molecular weight excluding hydrogens is 236 g/mol. The summed E-state index contributed by atoms with van der Waals surface area (Å²) in [5.74, 6) is -0.429. The molecule has 1 aliphatic heterocycles. The predicted molar refractivity (Wildman–Crippen MR) is 66.2 cm³/mol. The molecule has 0 aromatic heterocycles. The van der Waals surface area contributed by atoms with Crippen LogP contribution in [0, 0.1) is 0 Å². The second-order valence-electron chi connectivity index (χ2n) is 4.73. The molecule has 2 amide bonds. The zero-order valence-corrected chi connectivity index (χ0v) is 11.2. The van der Waals surface area contributed by atoms with Crippen molar-refractivity contribution in [3.8, 4) is 0 Å². The van der Waals surface area contributed by atoms with Gasteiger partial charge in [0.2, 0.25) is 0 Å². The number of amides is 2. The van der Waals surface area contributed by atoms with Gasteiger partial charge >= 0.3 is 12.0 Å². The second-order valence-corrected chi connectivity index (χ2v) is 4.73. The standard InChI is InChI=1S/C12H22N2O4/c1-4-6-12(2,10(15)17-3)14-11(16)13-9-5-7-18-8-9/h9H,4-8H2,1-3H3,(H2,13,14,16). The van der Waals surface area contributed by atoms with Gasteiger partial charge in [0.25, 0.3) is 0 Å². The molecule has 0 saturated carbocycles. The highest BCUT2D eigenvalue weighted by atomic mass is 16.5. The summed E-state index contributed by atoms with van der Waals surface area (Å²) in [6, 6.07) is -0.333. The number of carbonyl (C=O) groups is 2. The normalized spacial score (nSPS) is 22.1. The zero-order valence-electron chi connectivity index (χ0n) is 11.2. The Morgan fingerprint density at radius 2 is 2.22 bits per heavy atom. The molecule has 0 bridgehead atoms. The Morgan fingerprint density at radius 3 is 2.72 bits per heavy atom. The van der Waals surface area contributed by atoms with E-state index in [0.29, 0.717) is 19.6 Å². The van der Waals surface area contributed by atoms with Gasteiger partial charge in [0, 0.05) is 6.61 Å². The first kappa shape index (κ1) is 14.8. The van der Waals surface area contributed by atoms with Crippen molar-refractivity contribution in [3.05, 3.63) is 0 Å². The van der Waals surface area contributed by atoms with Gasteiger partial charge in [-0.2, -0.15) is 0 Å². The van der Waals surface area contributed by atoms with Crippen LogP contribution in [0.25, 0.3) is 0 Å². The fourth-order valence-corrected chi connectivity index (χ4v) is 2.06. The van der Waals surface area contributed by atoms with Crippen molar-refractivity contribution in [2.45, 2.75) is 44.7 Å². The third-order valence-corrected chi connectivity index (χ3v) is 3.04. The lowest BCUT2D eigenvalue weighted by Crippen LogP contribution is -2.57. The Morgan fingerprint density at radius 1 is 1.50 bits per heavy atom. The average molecular weight is 258 g/mol. The van der Waals surface area contributed by atoms with Crippen LogP contribution >= 0.6 is 0 Å². The van der Waals surface area contributed by atoms with Crippen molar-refractivity contribution in [1.82, 2.24) is 10.6 Å². The van der Waals surface area contributed by atoms with Crippen molar-refractivity contribution in [1.29, 1.82) is 0 Å². The first-order chi connectivity index (χ1) is 8.51. The SMILES string of the molecule is CCCC(C)(NC(=O)NC1CCOC1)C(=O)OC. The van der Waals surface area contributed by atoms with E-state index in [1.54, 1.807) is 6.92 Å². The van der Waals surface area contributed by atoms with Crippen LogP contribution in [0.1, 0.15) is 33.1 Å². The van der Waals surface area contributed by atoms with Gasteiger partial charge in [0.05, 0.1) is 19.8 Å². The molecular formula is C12H22N2O4. The van der Waals surface area contributed by atoms with Gasteiger partial charge in [-0.3, -0.25) is 0 Å². The molecule has 1 rings (SSSR count). The smallest absolute Gasteiger partial charge is 0.331 e. The molecule has 0 aliphatic carbocycles. The maximum absolute atomic E-state index is 11.8. The zero-order chi connectivity index (χ0) is 13.6. The molecule has 2 N–H and O–H groups in total. The van der Waals surface area contributed by atoms with Gasteiger partial charge in [-0.25, -0.2) is 9.59 Å². The number of hydrogen-bond donors (Lipinski definition) is 2. The highest BCUT2D eigenvalue weighted by Gasteiger charge is 2.35.